The highest BCUT2D eigenvalue weighted by Gasteiger charge is 2.13. The fraction of sp³-hybridized carbons (Fsp3) is 0.133. The average molecular weight is 289 g/mol. The lowest BCUT2D eigenvalue weighted by atomic mass is 9.99. The van der Waals surface area contributed by atoms with E-state index in [0.717, 1.165) is 11.6 Å². The molecule has 1 aromatic heterocycles. The van der Waals surface area contributed by atoms with Crippen molar-refractivity contribution < 1.29 is 8.78 Å². The molecule has 2 aromatic carbocycles. The molecule has 3 aromatic rings. The molecular weight excluding hydrogens is 276 g/mol. The van der Waals surface area contributed by atoms with Gasteiger partial charge in [0.05, 0.1) is 11.0 Å². The zero-order valence-electron chi connectivity index (χ0n) is 11.0. The molecule has 1 unspecified atom stereocenters. The molecule has 108 valence electrons. The average Bonchev–Trinajstić information content (AvgIpc) is 2.82. The summed E-state index contributed by atoms with van der Waals surface area (Å²) in [6.07, 6.45) is 0.170. The van der Waals surface area contributed by atoms with Crippen LogP contribution >= 0.6 is 0 Å². The first-order valence-electron chi connectivity index (χ1n) is 6.45. The van der Waals surface area contributed by atoms with E-state index in [2.05, 4.69) is 9.97 Å². The standard InChI is InChI=1S/C15H13F2N3O/c16-10-3-1-2-9(14(10)17)6-11(18)8-4-5-12-13(7-8)20-15(21)19-12/h1-5,7,11H,6,18H2,(H2,19,20,21). The van der Waals surface area contributed by atoms with Crippen molar-refractivity contribution in [2.24, 2.45) is 5.73 Å². The van der Waals surface area contributed by atoms with Crippen LogP contribution in [-0.2, 0) is 6.42 Å². The van der Waals surface area contributed by atoms with Gasteiger partial charge >= 0.3 is 5.69 Å². The van der Waals surface area contributed by atoms with E-state index in [4.69, 9.17) is 5.73 Å². The molecule has 21 heavy (non-hydrogen) atoms. The summed E-state index contributed by atoms with van der Waals surface area (Å²) in [6, 6.07) is 8.75. The van der Waals surface area contributed by atoms with Crippen LogP contribution in [0.3, 0.4) is 0 Å². The minimum atomic E-state index is -0.884. The largest absolute Gasteiger partial charge is 0.324 e. The van der Waals surface area contributed by atoms with Gasteiger partial charge in [-0.3, -0.25) is 0 Å². The van der Waals surface area contributed by atoms with Crippen molar-refractivity contribution in [3.63, 3.8) is 0 Å². The van der Waals surface area contributed by atoms with Gasteiger partial charge in [0, 0.05) is 6.04 Å². The summed E-state index contributed by atoms with van der Waals surface area (Å²) < 4.78 is 26.8. The third-order valence-electron chi connectivity index (χ3n) is 3.44. The lowest BCUT2D eigenvalue weighted by Crippen LogP contribution is -2.14. The van der Waals surface area contributed by atoms with Crippen LogP contribution < -0.4 is 11.4 Å². The number of fused-ring (bicyclic) bond motifs is 1. The van der Waals surface area contributed by atoms with Crippen molar-refractivity contribution in [1.29, 1.82) is 0 Å². The van der Waals surface area contributed by atoms with Crippen LogP contribution in [0.25, 0.3) is 11.0 Å². The van der Waals surface area contributed by atoms with Crippen molar-refractivity contribution in [2.45, 2.75) is 12.5 Å². The topological polar surface area (TPSA) is 74.7 Å². The monoisotopic (exact) mass is 289 g/mol. The Morgan fingerprint density at radius 3 is 2.67 bits per heavy atom. The molecule has 0 spiro atoms. The van der Waals surface area contributed by atoms with Crippen LogP contribution in [0.15, 0.2) is 41.2 Å². The molecule has 1 atom stereocenters. The Bertz CT molecular complexity index is 853. The third-order valence-corrected chi connectivity index (χ3v) is 3.44. The first-order chi connectivity index (χ1) is 10.0. The maximum atomic E-state index is 13.7. The fourth-order valence-electron chi connectivity index (χ4n) is 2.34. The first kappa shape index (κ1) is 13.5. The predicted molar refractivity (Wildman–Crippen MR) is 75.9 cm³/mol. The third kappa shape index (κ3) is 2.57. The van der Waals surface area contributed by atoms with Gasteiger partial charge in [-0.2, -0.15) is 0 Å². The van der Waals surface area contributed by atoms with Crippen LogP contribution in [0.2, 0.25) is 0 Å². The number of aromatic nitrogens is 2. The number of benzene rings is 2. The maximum absolute atomic E-state index is 13.7. The normalized spacial score (nSPS) is 12.7. The predicted octanol–water partition coefficient (Wildman–Crippen LogP) is 2.38. The summed E-state index contributed by atoms with van der Waals surface area (Å²) in [5, 5.41) is 0. The Labute approximate surface area is 118 Å². The highest BCUT2D eigenvalue weighted by atomic mass is 19.2. The highest BCUT2D eigenvalue weighted by molar-refractivity contribution is 5.75. The van der Waals surface area contributed by atoms with E-state index < -0.39 is 17.7 Å². The zero-order valence-corrected chi connectivity index (χ0v) is 11.0. The molecule has 4 N–H and O–H groups in total. The SMILES string of the molecule is NC(Cc1cccc(F)c1F)c1ccc2[nH]c(=O)[nH]c2c1. The molecule has 4 nitrogen and oxygen atoms in total. The molecule has 0 aliphatic heterocycles. The molecule has 6 heteroatoms. The minimum Gasteiger partial charge on any atom is -0.324 e. The number of imidazole rings is 1. The Morgan fingerprint density at radius 1 is 1.10 bits per heavy atom. The van der Waals surface area contributed by atoms with Crippen LogP contribution in [0.5, 0.6) is 0 Å². The second-order valence-corrected chi connectivity index (χ2v) is 4.91. The molecule has 0 saturated heterocycles. The van der Waals surface area contributed by atoms with Crippen molar-refractivity contribution in [3.8, 4) is 0 Å². The Hall–Kier alpha value is -2.47. The molecular formula is C15H13F2N3O. The second-order valence-electron chi connectivity index (χ2n) is 4.91. The number of hydrogen-bond donors (Lipinski definition) is 3. The summed E-state index contributed by atoms with van der Waals surface area (Å²) in [7, 11) is 0. The van der Waals surface area contributed by atoms with Gasteiger partial charge in [0.15, 0.2) is 11.6 Å². The minimum absolute atomic E-state index is 0.170. The van der Waals surface area contributed by atoms with Gasteiger partial charge in [-0.25, -0.2) is 13.6 Å². The molecule has 0 saturated carbocycles. The van der Waals surface area contributed by atoms with Crippen molar-refractivity contribution in [2.75, 3.05) is 0 Å². The van der Waals surface area contributed by atoms with E-state index in [1.54, 1.807) is 18.2 Å². The number of aromatic amines is 2. The summed E-state index contributed by atoms with van der Waals surface area (Å²) in [4.78, 5) is 16.5. The Morgan fingerprint density at radius 2 is 1.86 bits per heavy atom. The lowest BCUT2D eigenvalue weighted by molar-refractivity contribution is 0.494. The van der Waals surface area contributed by atoms with E-state index in [1.807, 2.05) is 0 Å². The lowest BCUT2D eigenvalue weighted by Gasteiger charge is -2.13. The van der Waals surface area contributed by atoms with Gasteiger partial charge in [-0.1, -0.05) is 18.2 Å². The highest BCUT2D eigenvalue weighted by Crippen LogP contribution is 2.21. The van der Waals surface area contributed by atoms with E-state index in [1.165, 1.54) is 12.1 Å². The van der Waals surface area contributed by atoms with Gasteiger partial charge < -0.3 is 15.7 Å². The number of H-pyrrole nitrogens is 2. The van der Waals surface area contributed by atoms with Crippen LogP contribution in [0, 0.1) is 11.6 Å². The van der Waals surface area contributed by atoms with E-state index in [9.17, 15) is 13.6 Å². The number of halogens is 2. The molecule has 0 bridgehead atoms. The molecule has 0 aliphatic carbocycles. The Kier molecular flexibility index (Phi) is 3.31. The van der Waals surface area contributed by atoms with Crippen molar-refractivity contribution in [1.82, 2.24) is 9.97 Å². The van der Waals surface area contributed by atoms with Crippen LogP contribution in [0.1, 0.15) is 17.2 Å². The van der Waals surface area contributed by atoms with E-state index >= 15 is 0 Å². The van der Waals surface area contributed by atoms with Gasteiger partial charge in [-0.05, 0) is 35.7 Å². The van der Waals surface area contributed by atoms with Gasteiger partial charge in [-0.15, -0.1) is 0 Å². The summed E-state index contributed by atoms with van der Waals surface area (Å²) in [6.45, 7) is 0. The Balaban J connectivity index is 1.91. The van der Waals surface area contributed by atoms with Gasteiger partial charge in [0.25, 0.3) is 0 Å². The number of nitrogens with one attached hydrogen (secondary N) is 2. The fourth-order valence-corrected chi connectivity index (χ4v) is 2.34. The summed E-state index contributed by atoms with van der Waals surface area (Å²) in [5.41, 5.74) is 8.02. The zero-order chi connectivity index (χ0) is 15.0. The van der Waals surface area contributed by atoms with Crippen LogP contribution in [0.4, 0.5) is 8.78 Å². The molecule has 0 aliphatic rings. The molecule has 3 rings (SSSR count). The quantitative estimate of drug-likeness (QED) is 0.692. The number of rotatable bonds is 3. The first-order valence-corrected chi connectivity index (χ1v) is 6.45. The molecule has 0 fully saturated rings. The molecule has 0 radical (unpaired) electrons. The van der Waals surface area contributed by atoms with Crippen LogP contribution in [-0.4, -0.2) is 9.97 Å². The summed E-state index contributed by atoms with van der Waals surface area (Å²) in [5.74, 6) is -1.76. The van der Waals surface area contributed by atoms with Crippen molar-refractivity contribution in [3.05, 3.63) is 69.6 Å². The molecule has 0 amide bonds. The van der Waals surface area contributed by atoms with Gasteiger partial charge in [0.2, 0.25) is 0 Å². The van der Waals surface area contributed by atoms with E-state index in [0.29, 0.717) is 11.0 Å². The second kappa shape index (κ2) is 5.14. The maximum Gasteiger partial charge on any atom is 0.323 e. The summed E-state index contributed by atoms with van der Waals surface area (Å²) >= 11 is 0. The van der Waals surface area contributed by atoms with Gasteiger partial charge in [0.1, 0.15) is 0 Å². The molecule has 1 heterocycles. The number of nitrogens with two attached hydrogens (primary N) is 1. The number of hydrogen-bond acceptors (Lipinski definition) is 2. The van der Waals surface area contributed by atoms with Crippen molar-refractivity contribution >= 4 is 11.0 Å². The smallest absolute Gasteiger partial charge is 0.323 e. The van der Waals surface area contributed by atoms with E-state index in [-0.39, 0.29) is 17.7 Å².